The predicted molar refractivity (Wildman–Crippen MR) is 94.8 cm³/mol. The molecule has 0 bridgehead atoms. The van der Waals surface area contributed by atoms with Crippen LogP contribution < -0.4 is 19.5 Å². The highest BCUT2D eigenvalue weighted by Crippen LogP contribution is 2.31. The van der Waals surface area contributed by atoms with E-state index in [1.165, 1.54) is 12.1 Å². The van der Waals surface area contributed by atoms with Gasteiger partial charge in [0.15, 0.2) is 11.5 Å². The maximum Gasteiger partial charge on any atom is 0.269 e. The molecule has 0 aromatic heterocycles. The first-order valence-electron chi connectivity index (χ1n) is 8.33. The molecule has 136 valence electrons. The number of carbonyl (C=O) groups is 1. The molecule has 1 atom stereocenters. The number of anilines is 1. The van der Waals surface area contributed by atoms with Crippen LogP contribution in [0, 0.1) is 0 Å². The van der Waals surface area contributed by atoms with Crippen molar-refractivity contribution >= 4 is 21.6 Å². The van der Waals surface area contributed by atoms with Crippen molar-refractivity contribution in [3.63, 3.8) is 0 Å². The second-order valence-electron chi connectivity index (χ2n) is 6.28. The summed E-state index contributed by atoms with van der Waals surface area (Å²) in [6, 6.07) is 13.3. The van der Waals surface area contributed by atoms with Crippen molar-refractivity contribution in [2.24, 2.45) is 0 Å². The van der Waals surface area contributed by atoms with Gasteiger partial charge in [-0.3, -0.25) is 4.79 Å². The number of hydrogen-bond acceptors (Lipinski definition) is 5. The molecule has 1 aliphatic carbocycles. The fourth-order valence-electron chi connectivity index (χ4n) is 2.60. The molecule has 1 amide bonds. The van der Waals surface area contributed by atoms with E-state index in [2.05, 4.69) is 10.0 Å². The predicted octanol–water partition coefficient (Wildman–Crippen LogP) is 1.91. The van der Waals surface area contributed by atoms with Crippen molar-refractivity contribution in [2.75, 3.05) is 11.9 Å². The van der Waals surface area contributed by atoms with Gasteiger partial charge in [0.25, 0.3) is 5.91 Å². The Morgan fingerprint density at radius 1 is 1.04 bits per heavy atom. The van der Waals surface area contributed by atoms with E-state index >= 15 is 0 Å². The highest BCUT2D eigenvalue weighted by Gasteiger charge is 2.29. The van der Waals surface area contributed by atoms with Crippen molar-refractivity contribution < 1.29 is 22.7 Å². The lowest BCUT2D eigenvalue weighted by molar-refractivity contribution is -0.125. The Labute approximate surface area is 151 Å². The van der Waals surface area contributed by atoms with E-state index in [0.29, 0.717) is 17.2 Å². The second kappa shape index (κ2) is 6.62. The lowest BCUT2D eigenvalue weighted by Crippen LogP contribution is -2.40. The van der Waals surface area contributed by atoms with Gasteiger partial charge in [0.1, 0.15) is 6.61 Å². The molecule has 4 rings (SSSR count). The summed E-state index contributed by atoms with van der Waals surface area (Å²) in [7, 11) is -3.58. The zero-order valence-electron chi connectivity index (χ0n) is 13.8. The third-order valence-electron chi connectivity index (χ3n) is 4.11. The fraction of sp³-hybridized carbons (Fsp3) is 0.278. The number of nitrogens with one attached hydrogen (secondary N) is 2. The largest absolute Gasteiger partial charge is 0.485 e. The minimum atomic E-state index is -3.58. The average Bonchev–Trinajstić information content (AvgIpc) is 3.45. The maximum atomic E-state index is 12.4. The molecule has 1 unspecified atom stereocenters. The number of hydrogen-bond donors (Lipinski definition) is 2. The number of fused-ring (bicyclic) bond motifs is 1. The van der Waals surface area contributed by atoms with Gasteiger partial charge in [-0.2, -0.15) is 0 Å². The van der Waals surface area contributed by atoms with Crippen LogP contribution in [-0.2, 0) is 14.8 Å². The SMILES string of the molecule is O=C(Nc1cccc(S(=O)(=O)NC2CC2)c1)C1COc2ccccc2O1. The summed E-state index contributed by atoms with van der Waals surface area (Å²) in [5, 5.41) is 2.69. The molecule has 1 saturated carbocycles. The Balaban J connectivity index is 1.46. The van der Waals surface area contributed by atoms with Gasteiger partial charge < -0.3 is 14.8 Å². The van der Waals surface area contributed by atoms with Gasteiger partial charge in [-0.15, -0.1) is 0 Å². The number of ether oxygens (including phenoxy) is 2. The summed E-state index contributed by atoms with van der Waals surface area (Å²) in [5.41, 5.74) is 0.385. The van der Waals surface area contributed by atoms with Crippen molar-refractivity contribution in [1.82, 2.24) is 4.72 Å². The van der Waals surface area contributed by atoms with Gasteiger partial charge in [-0.25, -0.2) is 13.1 Å². The summed E-state index contributed by atoms with van der Waals surface area (Å²) in [4.78, 5) is 12.6. The molecular weight excluding hydrogens is 356 g/mol. The van der Waals surface area contributed by atoms with E-state index in [4.69, 9.17) is 9.47 Å². The van der Waals surface area contributed by atoms with Crippen LogP contribution in [0.4, 0.5) is 5.69 Å². The topological polar surface area (TPSA) is 93.7 Å². The Hall–Kier alpha value is -2.58. The van der Waals surface area contributed by atoms with E-state index < -0.39 is 22.0 Å². The fourth-order valence-corrected chi connectivity index (χ4v) is 3.95. The Kier molecular flexibility index (Phi) is 4.29. The number of carbonyl (C=O) groups excluding carboxylic acids is 1. The molecule has 0 spiro atoms. The van der Waals surface area contributed by atoms with Crippen molar-refractivity contribution in [3.05, 3.63) is 48.5 Å². The quantitative estimate of drug-likeness (QED) is 0.834. The molecule has 7 nitrogen and oxygen atoms in total. The molecule has 0 saturated heterocycles. The van der Waals surface area contributed by atoms with E-state index in [1.54, 1.807) is 30.3 Å². The van der Waals surface area contributed by atoms with Crippen LogP contribution >= 0.6 is 0 Å². The van der Waals surface area contributed by atoms with Crippen molar-refractivity contribution in [3.8, 4) is 11.5 Å². The number of para-hydroxylation sites is 2. The van der Waals surface area contributed by atoms with Gasteiger partial charge in [0.05, 0.1) is 4.90 Å². The first-order valence-corrected chi connectivity index (χ1v) is 9.81. The van der Waals surface area contributed by atoms with Gasteiger partial charge in [0, 0.05) is 11.7 Å². The smallest absolute Gasteiger partial charge is 0.269 e. The Morgan fingerprint density at radius 2 is 1.81 bits per heavy atom. The van der Waals surface area contributed by atoms with Crippen molar-refractivity contribution in [1.29, 1.82) is 0 Å². The lowest BCUT2D eigenvalue weighted by atomic mass is 10.2. The van der Waals surface area contributed by atoms with Crippen LogP contribution in [0.25, 0.3) is 0 Å². The number of rotatable bonds is 5. The summed E-state index contributed by atoms with van der Waals surface area (Å²) in [5.74, 6) is 0.698. The van der Waals surface area contributed by atoms with E-state index in [0.717, 1.165) is 12.8 Å². The molecule has 2 N–H and O–H groups in total. The zero-order valence-corrected chi connectivity index (χ0v) is 14.7. The highest BCUT2D eigenvalue weighted by molar-refractivity contribution is 7.89. The standard InChI is InChI=1S/C18H18N2O5S/c21-18(17-11-24-15-6-1-2-7-16(15)25-17)19-13-4-3-5-14(10-13)26(22,23)20-12-8-9-12/h1-7,10,12,17,20H,8-9,11H2,(H,19,21). The second-order valence-corrected chi connectivity index (χ2v) is 7.99. The minimum absolute atomic E-state index is 0.0195. The first kappa shape index (κ1) is 16.9. The molecule has 1 fully saturated rings. The molecule has 1 heterocycles. The highest BCUT2D eigenvalue weighted by atomic mass is 32.2. The van der Waals surface area contributed by atoms with Crippen LogP contribution in [0.15, 0.2) is 53.4 Å². The lowest BCUT2D eigenvalue weighted by Gasteiger charge is -2.25. The van der Waals surface area contributed by atoms with E-state index in [9.17, 15) is 13.2 Å². The van der Waals surface area contributed by atoms with Gasteiger partial charge in [0.2, 0.25) is 16.1 Å². The normalized spacial score (nSPS) is 19.0. The average molecular weight is 374 g/mol. The number of amides is 1. The third-order valence-corrected chi connectivity index (χ3v) is 5.63. The van der Waals surface area contributed by atoms with E-state index in [1.807, 2.05) is 6.07 Å². The molecular formula is C18H18N2O5S. The molecule has 8 heteroatoms. The van der Waals surface area contributed by atoms with Crippen molar-refractivity contribution in [2.45, 2.75) is 29.9 Å². The van der Waals surface area contributed by atoms with E-state index in [-0.39, 0.29) is 17.5 Å². The molecule has 2 aliphatic rings. The van der Waals surface area contributed by atoms with Crippen LogP contribution in [-0.4, -0.2) is 33.1 Å². The third kappa shape index (κ3) is 3.66. The van der Waals surface area contributed by atoms with Gasteiger partial charge >= 0.3 is 0 Å². The number of benzene rings is 2. The van der Waals surface area contributed by atoms with Crippen LogP contribution in [0.5, 0.6) is 11.5 Å². The van der Waals surface area contributed by atoms with Gasteiger partial charge in [-0.1, -0.05) is 18.2 Å². The zero-order chi connectivity index (χ0) is 18.1. The monoisotopic (exact) mass is 374 g/mol. The summed E-state index contributed by atoms with van der Waals surface area (Å²) in [6.07, 6.45) is 0.904. The Bertz CT molecular complexity index is 940. The molecule has 1 aliphatic heterocycles. The van der Waals surface area contributed by atoms with Gasteiger partial charge in [-0.05, 0) is 43.2 Å². The molecule has 26 heavy (non-hydrogen) atoms. The van der Waals surface area contributed by atoms with Crippen LogP contribution in [0.3, 0.4) is 0 Å². The maximum absolute atomic E-state index is 12.4. The number of sulfonamides is 1. The summed E-state index contributed by atoms with van der Waals surface area (Å²) < 4.78 is 38.4. The summed E-state index contributed by atoms with van der Waals surface area (Å²) >= 11 is 0. The molecule has 2 aromatic carbocycles. The molecule has 0 radical (unpaired) electrons. The minimum Gasteiger partial charge on any atom is -0.485 e. The summed E-state index contributed by atoms with van der Waals surface area (Å²) in [6.45, 7) is 0.0874. The van der Waals surface area contributed by atoms with Crippen LogP contribution in [0.1, 0.15) is 12.8 Å². The molecule has 2 aromatic rings. The Morgan fingerprint density at radius 3 is 2.58 bits per heavy atom. The first-order chi connectivity index (χ1) is 12.5. The van der Waals surface area contributed by atoms with Crippen LogP contribution in [0.2, 0.25) is 0 Å².